The highest BCUT2D eigenvalue weighted by Gasteiger charge is 2.30. The van der Waals surface area contributed by atoms with Gasteiger partial charge in [-0.05, 0) is 49.9 Å². The van der Waals surface area contributed by atoms with Crippen LogP contribution in [0, 0.1) is 25.2 Å². The van der Waals surface area contributed by atoms with Gasteiger partial charge in [0.1, 0.15) is 17.4 Å². The Morgan fingerprint density at radius 1 is 1.31 bits per heavy atom. The number of methoxy groups -OCH3 is 1. The van der Waals surface area contributed by atoms with Crippen LogP contribution >= 0.6 is 0 Å². The summed E-state index contributed by atoms with van der Waals surface area (Å²) in [7, 11) is 1.51. The largest absolute Gasteiger partial charge is 0.495 e. The van der Waals surface area contributed by atoms with Gasteiger partial charge < -0.3 is 14.4 Å². The number of hydrogen-bond acceptors (Lipinski definition) is 5. The summed E-state index contributed by atoms with van der Waals surface area (Å²) < 4.78 is 11.2. The van der Waals surface area contributed by atoms with Crippen LogP contribution in [0.1, 0.15) is 58.1 Å². The molecule has 1 amide bonds. The monoisotopic (exact) mass is 393 g/mol. The summed E-state index contributed by atoms with van der Waals surface area (Å²) in [4.78, 5) is 19.6. The van der Waals surface area contributed by atoms with Gasteiger partial charge in [-0.25, -0.2) is 4.98 Å². The average molecular weight is 393 g/mol. The smallest absolute Gasteiger partial charge is 0.255 e. The lowest BCUT2D eigenvalue weighted by Gasteiger charge is -2.30. The van der Waals surface area contributed by atoms with Crippen molar-refractivity contribution in [1.82, 2.24) is 9.88 Å². The molecule has 1 aliphatic heterocycles. The molecule has 0 unspecified atom stereocenters. The quantitative estimate of drug-likeness (QED) is 0.666. The first-order chi connectivity index (χ1) is 14.0. The number of unbranched alkanes of at least 4 members (excludes halogenated alkanes) is 1. The van der Waals surface area contributed by atoms with Crippen LogP contribution in [0.25, 0.3) is 0 Å². The maximum Gasteiger partial charge on any atom is 0.255 e. The average Bonchev–Trinajstić information content (AvgIpc) is 2.71. The third-order valence-electron chi connectivity index (χ3n) is 5.26. The molecule has 6 nitrogen and oxygen atoms in total. The van der Waals surface area contributed by atoms with Gasteiger partial charge in [-0.1, -0.05) is 19.4 Å². The summed E-state index contributed by atoms with van der Waals surface area (Å²) in [5.41, 5.74) is 4.51. The zero-order chi connectivity index (χ0) is 21.0. The summed E-state index contributed by atoms with van der Waals surface area (Å²) in [6.07, 6.45) is 2.69. The minimum atomic E-state index is -0.152. The van der Waals surface area contributed by atoms with Crippen LogP contribution in [-0.2, 0) is 13.0 Å². The number of nitriles is 1. The van der Waals surface area contributed by atoms with Crippen molar-refractivity contribution in [2.24, 2.45) is 0 Å². The van der Waals surface area contributed by atoms with Crippen molar-refractivity contribution in [2.45, 2.75) is 46.6 Å². The molecule has 152 valence electrons. The number of benzene rings is 1. The minimum absolute atomic E-state index is 0.152. The van der Waals surface area contributed by atoms with Gasteiger partial charge in [0.15, 0.2) is 0 Å². The van der Waals surface area contributed by atoms with Crippen LogP contribution in [0.4, 0.5) is 0 Å². The van der Waals surface area contributed by atoms with Crippen molar-refractivity contribution in [3.05, 3.63) is 51.7 Å². The summed E-state index contributed by atoms with van der Waals surface area (Å²) in [6.45, 7) is 7.67. The molecule has 3 rings (SSSR count). The number of pyridine rings is 1. The molecule has 0 atom stereocenters. The van der Waals surface area contributed by atoms with E-state index in [1.54, 1.807) is 11.0 Å². The Kier molecular flexibility index (Phi) is 6.38. The van der Waals surface area contributed by atoms with E-state index in [4.69, 9.17) is 9.47 Å². The van der Waals surface area contributed by atoms with E-state index >= 15 is 0 Å². The van der Waals surface area contributed by atoms with Gasteiger partial charge in [-0.3, -0.25) is 4.79 Å². The van der Waals surface area contributed by atoms with E-state index in [1.807, 2.05) is 26.0 Å². The molecule has 0 aliphatic carbocycles. The van der Waals surface area contributed by atoms with E-state index in [2.05, 4.69) is 18.0 Å². The lowest BCUT2D eigenvalue weighted by Crippen LogP contribution is -2.38. The molecule has 2 aromatic rings. The summed E-state index contributed by atoms with van der Waals surface area (Å²) in [5.74, 6) is 0.875. The highest BCUT2D eigenvalue weighted by Crippen LogP contribution is 2.31. The van der Waals surface area contributed by atoms with E-state index in [0.717, 1.165) is 35.2 Å². The van der Waals surface area contributed by atoms with Gasteiger partial charge in [0.25, 0.3) is 5.91 Å². The molecule has 1 aromatic heterocycles. The first-order valence-corrected chi connectivity index (χ1v) is 9.99. The van der Waals surface area contributed by atoms with Gasteiger partial charge in [0, 0.05) is 17.8 Å². The SMILES string of the molecule is CCCCOc1nc(C)cc(C)c1CN1CCc2ccc(OC)c(C#N)c2C1=O. The molecule has 29 heavy (non-hydrogen) atoms. The third-order valence-corrected chi connectivity index (χ3v) is 5.26. The lowest BCUT2D eigenvalue weighted by molar-refractivity contribution is 0.0724. The Morgan fingerprint density at radius 3 is 2.79 bits per heavy atom. The van der Waals surface area contributed by atoms with Crippen molar-refractivity contribution < 1.29 is 14.3 Å². The van der Waals surface area contributed by atoms with Gasteiger partial charge in [0.05, 0.1) is 25.8 Å². The molecule has 2 heterocycles. The number of fused-ring (bicyclic) bond motifs is 1. The number of hydrogen-bond donors (Lipinski definition) is 0. The van der Waals surface area contributed by atoms with Crippen molar-refractivity contribution in [2.75, 3.05) is 20.3 Å². The molecule has 1 aromatic carbocycles. The van der Waals surface area contributed by atoms with Crippen molar-refractivity contribution in [1.29, 1.82) is 5.26 Å². The first-order valence-electron chi connectivity index (χ1n) is 9.99. The summed E-state index contributed by atoms with van der Waals surface area (Å²) >= 11 is 0. The standard InChI is InChI=1S/C23H27N3O3/c1-5-6-11-29-22-19(15(2)12-16(3)25-22)14-26-10-9-17-7-8-20(28-4)18(13-24)21(17)23(26)27/h7-8,12H,5-6,9-11,14H2,1-4H3. The third kappa shape index (κ3) is 4.19. The van der Waals surface area contributed by atoms with E-state index in [-0.39, 0.29) is 5.91 Å². The maximum atomic E-state index is 13.3. The number of rotatable bonds is 7. The zero-order valence-corrected chi connectivity index (χ0v) is 17.5. The lowest BCUT2D eigenvalue weighted by atomic mass is 9.93. The van der Waals surface area contributed by atoms with Crippen LogP contribution in [0.2, 0.25) is 0 Å². The molecule has 0 N–H and O–H groups in total. The minimum Gasteiger partial charge on any atom is -0.495 e. The molecule has 0 saturated heterocycles. The van der Waals surface area contributed by atoms with Crippen molar-refractivity contribution >= 4 is 5.91 Å². The Balaban J connectivity index is 1.93. The molecule has 0 radical (unpaired) electrons. The van der Waals surface area contributed by atoms with Gasteiger partial charge in [0.2, 0.25) is 5.88 Å². The predicted octanol–water partition coefficient (Wildman–Crippen LogP) is 3.96. The molecule has 0 spiro atoms. The van der Waals surface area contributed by atoms with Gasteiger partial charge in [-0.2, -0.15) is 5.26 Å². The number of nitrogens with zero attached hydrogens (tertiary/aromatic N) is 3. The predicted molar refractivity (Wildman–Crippen MR) is 110 cm³/mol. The number of ether oxygens (including phenoxy) is 2. The Hall–Kier alpha value is -3.07. The fourth-order valence-electron chi connectivity index (χ4n) is 3.67. The molecule has 6 heteroatoms. The molecular formula is C23H27N3O3. The molecule has 0 saturated carbocycles. The summed E-state index contributed by atoms with van der Waals surface area (Å²) in [6, 6.07) is 7.79. The fourth-order valence-corrected chi connectivity index (χ4v) is 3.67. The van der Waals surface area contributed by atoms with E-state index in [1.165, 1.54) is 7.11 Å². The van der Waals surface area contributed by atoms with Crippen LogP contribution in [0.5, 0.6) is 11.6 Å². The molecule has 0 fully saturated rings. The van der Waals surface area contributed by atoms with Gasteiger partial charge >= 0.3 is 0 Å². The van der Waals surface area contributed by atoms with E-state index in [0.29, 0.717) is 48.9 Å². The van der Waals surface area contributed by atoms with E-state index < -0.39 is 0 Å². The highest BCUT2D eigenvalue weighted by molar-refractivity contribution is 6.00. The Morgan fingerprint density at radius 2 is 2.10 bits per heavy atom. The molecular weight excluding hydrogens is 366 g/mol. The number of aromatic nitrogens is 1. The number of carbonyl (C=O) groups is 1. The van der Waals surface area contributed by atoms with Crippen LogP contribution in [0.15, 0.2) is 18.2 Å². The number of aryl methyl sites for hydroxylation is 2. The highest BCUT2D eigenvalue weighted by atomic mass is 16.5. The molecule has 0 bridgehead atoms. The summed E-state index contributed by atoms with van der Waals surface area (Å²) in [5, 5.41) is 9.61. The topological polar surface area (TPSA) is 75.5 Å². The number of amides is 1. The van der Waals surface area contributed by atoms with Crippen LogP contribution in [-0.4, -0.2) is 36.1 Å². The maximum absolute atomic E-state index is 13.3. The van der Waals surface area contributed by atoms with Crippen LogP contribution in [0.3, 0.4) is 0 Å². The first kappa shape index (κ1) is 20.7. The fraction of sp³-hybridized carbons (Fsp3) is 0.435. The number of carbonyl (C=O) groups excluding carboxylic acids is 1. The van der Waals surface area contributed by atoms with Crippen molar-refractivity contribution in [3.8, 4) is 17.7 Å². The Bertz CT molecular complexity index is 963. The molecule has 1 aliphatic rings. The van der Waals surface area contributed by atoms with Crippen LogP contribution < -0.4 is 9.47 Å². The second kappa shape index (κ2) is 8.95. The normalized spacial score (nSPS) is 13.1. The second-order valence-corrected chi connectivity index (χ2v) is 7.33. The Labute approximate surface area is 172 Å². The van der Waals surface area contributed by atoms with Crippen molar-refractivity contribution in [3.63, 3.8) is 0 Å². The zero-order valence-electron chi connectivity index (χ0n) is 17.5. The second-order valence-electron chi connectivity index (χ2n) is 7.33. The van der Waals surface area contributed by atoms with Gasteiger partial charge in [-0.15, -0.1) is 0 Å². The van der Waals surface area contributed by atoms with E-state index in [9.17, 15) is 10.1 Å².